The number of fused-ring (bicyclic) bond motifs is 1. The maximum atomic E-state index is 13.0. The zero-order valence-electron chi connectivity index (χ0n) is 14.2. The van der Waals surface area contributed by atoms with Crippen molar-refractivity contribution in [2.45, 2.75) is 37.6 Å². The summed E-state index contributed by atoms with van der Waals surface area (Å²) in [5.41, 5.74) is 0.439. The van der Waals surface area contributed by atoms with Gasteiger partial charge in [0.15, 0.2) is 0 Å². The molecule has 0 amide bonds. The largest absolute Gasteiger partial charge is 0.416 e. The molecule has 0 saturated heterocycles. The van der Waals surface area contributed by atoms with E-state index in [2.05, 4.69) is 9.71 Å². The van der Waals surface area contributed by atoms with E-state index in [4.69, 9.17) is 0 Å². The predicted octanol–water partition coefficient (Wildman–Crippen LogP) is 3.85. The molecule has 2 heterocycles. The second-order valence-corrected chi connectivity index (χ2v) is 6.80. The normalized spacial score (nSPS) is 13.5. The van der Waals surface area contributed by atoms with Crippen LogP contribution in [-0.4, -0.2) is 14.1 Å². The Morgan fingerprint density at radius 2 is 2.04 bits per heavy atom. The minimum absolute atomic E-state index is 0.0988. The Balaban J connectivity index is 1.91. The number of benzene rings is 1. The molecule has 1 aromatic carbocycles. The number of imidazole rings is 1. The molecule has 3 rings (SSSR count). The van der Waals surface area contributed by atoms with E-state index in [9.17, 15) is 13.2 Å². The smallest absolute Gasteiger partial charge is 0.327 e. The van der Waals surface area contributed by atoms with Gasteiger partial charge in [-0.05, 0) is 38.1 Å². The first-order valence-corrected chi connectivity index (χ1v) is 8.85. The SMILES string of the molecule is CCn1c([C@@H](C)N[SH+]c2cccn2C)nc2ccc(C(F)(F)F)cc21. The van der Waals surface area contributed by atoms with Crippen molar-refractivity contribution in [3.8, 4) is 0 Å². The van der Waals surface area contributed by atoms with E-state index >= 15 is 0 Å². The van der Waals surface area contributed by atoms with Gasteiger partial charge in [-0.1, -0.05) is 0 Å². The first-order valence-electron chi connectivity index (χ1n) is 7.96. The van der Waals surface area contributed by atoms with Gasteiger partial charge in [-0.2, -0.15) is 13.2 Å². The number of hydrogen-bond acceptors (Lipinski definition) is 2. The van der Waals surface area contributed by atoms with E-state index in [0.717, 1.165) is 28.9 Å². The summed E-state index contributed by atoms with van der Waals surface area (Å²) in [6.07, 6.45) is -2.39. The summed E-state index contributed by atoms with van der Waals surface area (Å²) in [5.74, 6) is 0.735. The molecule has 0 aliphatic rings. The lowest BCUT2D eigenvalue weighted by molar-refractivity contribution is -0.137. The molecule has 3 aromatic rings. The highest BCUT2D eigenvalue weighted by Gasteiger charge is 2.31. The Bertz CT molecular complexity index is 882. The van der Waals surface area contributed by atoms with Gasteiger partial charge in [0.25, 0.3) is 0 Å². The Labute approximate surface area is 148 Å². The highest BCUT2D eigenvalue weighted by atomic mass is 32.2. The summed E-state index contributed by atoms with van der Waals surface area (Å²) < 4.78 is 46.2. The molecule has 0 bridgehead atoms. The summed E-state index contributed by atoms with van der Waals surface area (Å²) in [6, 6.07) is 7.58. The summed E-state index contributed by atoms with van der Waals surface area (Å²) in [7, 11) is 1.97. The van der Waals surface area contributed by atoms with Crippen molar-refractivity contribution in [2.24, 2.45) is 7.05 Å². The fraction of sp³-hybridized carbons (Fsp3) is 0.353. The number of alkyl halides is 3. The van der Waals surface area contributed by atoms with Gasteiger partial charge in [0, 0.05) is 25.9 Å². The molecule has 0 saturated carbocycles. The summed E-state index contributed by atoms with van der Waals surface area (Å²) in [4.78, 5) is 4.55. The van der Waals surface area contributed by atoms with Crippen molar-refractivity contribution < 1.29 is 13.2 Å². The summed E-state index contributed by atoms with van der Waals surface area (Å²) in [6.45, 7) is 4.43. The van der Waals surface area contributed by atoms with Crippen molar-refractivity contribution in [2.75, 3.05) is 0 Å². The van der Waals surface area contributed by atoms with Crippen molar-refractivity contribution in [1.29, 1.82) is 0 Å². The third kappa shape index (κ3) is 3.55. The molecule has 1 N–H and O–H groups in total. The Morgan fingerprint density at radius 1 is 1.28 bits per heavy atom. The van der Waals surface area contributed by atoms with Crippen molar-refractivity contribution in [3.63, 3.8) is 0 Å². The lowest BCUT2D eigenvalue weighted by Crippen LogP contribution is -2.21. The topological polar surface area (TPSA) is 34.8 Å². The Kier molecular flexibility index (Phi) is 4.83. The van der Waals surface area contributed by atoms with Crippen LogP contribution < -0.4 is 4.72 Å². The van der Waals surface area contributed by atoms with Crippen LogP contribution in [0.15, 0.2) is 41.6 Å². The molecule has 0 aliphatic carbocycles. The average molecular weight is 369 g/mol. The monoisotopic (exact) mass is 369 g/mol. The van der Waals surface area contributed by atoms with Gasteiger partial charge in [-0.3, -0.25) is 0 Å². The number of nitrogens with one attached hydrogen (secondary N) is 1. The average Bonchev–Trinajstić information content (AvgIpc) is 3.14. The molecule has 8 heteroatoms. The molecule has 25 heavy (non-hydrogen) atoms. The first kappa shape index (κ1) is 17.9. The van der Waals surface area contributed by atoms with E-state index in [1.54, 1.807) is 0 Å². The Hall–Kier alpha value is -1.93. The first-order chi connectivity index (χ1) is 11.8. The molecule has 0 aliphatic heterocycles. The van der Waals surface area contributed by atoms with Gasteiger partial charge < -0.3 is 9.13 Å². The molecule has 0 radical (unpaired) electrons. The highest BCUT2D eigenvalue weighted by molar-refractivity contribution is 7.76. The van der Waals surface area contributed by atoms with Crippen LogP contribution >= 0.6 is 0 Å². The van der Waals surface area contributed by atoms with Crippen LogP contribution in [0.3, 0.4) is 0 Å². The van der Waals surface area contributed by atoms with Crippen molar-refractivity contribution >= 4 is 23.0 Å². The van der Waals surface area contributed by atoms with Gasteiger partial charge >= 0.3 is 6.18 Å². The minimum Gasteiger partial charge on any atom is -0.327 e. The molecule has 4 nitrogen and oxygen atoms in total. The van der Waals surface area contributed by atoms with Crippen LogP contribution in [0.1, 0.15) is 31.3 Å². The van der Waals surface area contributed by atoms with E-state index in [-0.39, 0.29) is 6.04 Å². The van der Waals surface area contributed by atoms with Gasteiger partial charge in [-0.15, -0.1) is 4.72 Å². The van der Waals surface area contributed by atoms with Gasteiger partial charge in [-0.25, -0.2) is 4.98 Å². The maximum absolute atomic E-state index is 13.0. The molecule has 134 valence electrons. The second-order valence-electron chi connectivity index (χ2n) is 5.86. The number of thiol groups is 1. The fourth-order valence-corrected chi connectivity index (χ4v) is 3.60. The Morgan fingerprint density at radius 3 is 2.64 bits per heavy atom. The maximum Gasteiger partial charge on any atom is 0.416 e. The lowest BCUT2D eigenvalue weighted by atomic mass is 10.2. The molecular weight excluding hydrogens is 349 g/mol. The third-order valence-corrected chi connectivity index (χ3v) is 5.31. The molecule has 1 atom stereocenters. The van der Waals surface area contributed by atoms with Crippen molar-refractivity contribution in [1.82, 2.24) is 18.8 Å². The highest BCUT2D eigenvalue weighted by Crippen LogP contribution is 2.32. The zero-order chi connectivity index (χ0) is 18.2. The van der Waals surface area contributed by atoms with Gasteiger partial charge in [0.2, 0.25) is 5.03 Å². The van der Waals surface area contributed by atoms with Gasteiger partial charge in [0.05, 0.1) is 16.6 Å². The van der Waals surface area contributed by atoms with E-state index in [1.807, 2.05) is 48.4 Å². The lowest BCUT2D eigenvalue weighted by Gasteiger charge is -2.11. The van der Waals surface area contributed by atoms with Crippen LogP contribution in [0.5, 0.6) is 0 Å². The summed E-state index contributed by atoms with van der Waals surface area (Å²) >= 11 is 0.930. The van der Waals surface area contributed by atoms with Crippen LogP contribution in [0.25, 0.3) is 11.0 Å². The molecule has 0 unspecified atom stereocenters. The van der Waals surface area contributed by atoms with Gasteiger partial charge in [0.1, 0.15) is 23.8 Å². The third-order valence-electron chi connectivity index (χ3n) is 4.10. The van der Waals surface area contributed by atoms with Crippen LogP contribution in [0, 0.1) is 0 Å². The number of nitrogens with zero attached hydrogens (tertiary/aromatic N) is 3. The molecule has 0 fully saturated rings. The summed E-state index contributed by atoms with van der Waals surface area (Å²) in [5, 5.41) is 1.10. The quantitative estimate of drug-likeness (QED) is 0.548. The standard InChI is InChI=1S/C17H19F3N4S/c1-4-24-14-10-12(17(18,19)20)7-8-13(14)21-16(24)11(2)22-25-15-6-5-9-23(15)3/h5-11,22H,4H2,1-3H3/p+1/t11-/m1/s1. The van der Waals surface area contributed by atoms with E-state index < -0.39 is 11.7 Å². The number of rotatable bonds is 5. The van der Waals surface area contributed by atoms with Crippen molar-refractivity contribution in [3.05, 3.63) is 47.9 Å². The van der Waals surface area contributed by atoms with E-state index in [1.165, 1.54) is 12.1 Å². The molecule has 2 aromatic heterocycles. The van der Waals surface area contributed by atoms with Crippen LogP contribution in [0.4, 0.5) is 13.2 Å². The number of aromatic nitrogens is 3. The number of halogens is 3. The van der Waals surface area contributed by atoms with E-state index in [0.29, 0.717) is 17.6 Å². The van der Waals surface area contributed by atoms with Crippen LogP contribution in [-0.2, 0) is 31.7 Å². The van der Waals surface area contributed by atoms with Crippen LogP contribution in [0.2, 0.25) is 0 Å². The molecular formula is C17H20F3N4S+. The number of hydrogen-bond donors (Lipinski definition) is 1. The minimum atomic E-state index is -4.35. The second kappa shape index (κ2) is 6.76. The zero-order valence-corrected chi connectivity index (χ0v) is 15.1. The fourth-order valence-electron chi connectivity index (χ4n) is 2.77. The molecule has 0 spiro atoms. The predicted molar refractivity (Wildman–Crippen MR) is 94.4 cm³/mol. The number of aryl methyl sites for hydroxylation is 2.